The van der Waals surface area contributed by atoms with Crippen LogP contribution in [0.25, 0.3) is 0 Å². The predicted molar refractivity (Wildman–Crippen MR) is 72.0 cm³/mol. The molecule has 0 saturated heterocycles. The standard InChI is InChI=1S/C16H20N2/c17-11-10-16(8-9-16)12-18-15-7-3-5-13-4-1-2-6-14(13)15/h1-2,4,6,15,18H,3,5,7-10,12H2. The number of nitrogens with zero attached hydrogens (tertiary/aromatic N) is 1. The summed E-state index contributed by atoms with van der Waals surface area (Å²) in [5.41, 5.74) is 3.30. The molecule has 1 N–H and O–H groups in total. The van der Waals surface area contributed by atoms with Crippen LogP contribution in [0.3, 0.4) is 0 Å². The van der Waals surface area contributed by atoms with Crippen LogP contribution in [0.15, 0.2) is 24.3 Å². The second-order valence-electron chi connectivity index (χ2n) is 5.86. The van der Waals surface area contributed by atoms with Crippen molar-refractivity contribution in [3.05, 3.63) is 35.4 Å². The first-order chi connectivity index (χ1) is 8.83. The lowest BCUT2D eigenvalue weighted by atomic mass is 9.87. The van der Waals surface area contributed by atoms with Gasteiger partial charge in [0.25, 0.3) is 0 Å². The Morgan fingerprint density at radius 1 is 1.33 bits per heavy atom. The molecule has 1 aromatic rings. The molecule has 1 saturated carbocycles. The van der Waals surface area contributed by atoms with Gasteiger partial charge in [0, 0.05) is 19.0 Å². The molecule has 0 heterocycles. The van der Waals surface area contributed by atoms with E-state index >= 15 is 0 Å². The molecule has 2 nitrogen and oxygen atoms in total. The smallest absolute Gasteiger partial charge is 0.0628 e. The molecule has 0 spiro atoms. The highest BCUT2D eigenvalue weighted by atomic mass is 14.9. The molecule has 2 heteroatoms. The van der Waals surface area contributed by atoms with E-state index in [-0.39, 0.29) is 0 Å². The van der Waals surface area contributed by atoms with Crippen LogP contribution in [0.4, 0.5) is 0 Å². The van der Waals surface area contributed by atoms with Gasteiger partial charge in [-0.05, 0) is 48.6 Å². The van der Waals surface area contributed by atoms with Crippen LogP contribution in [0.2, 0.25) is 0 Å². The molecule has 94 valence electrons. The van der Waals surface area contributed by atoms with Crippen molar-refractivity contribution < 1.29 is 0 Å². The summed E-state index contributed by atoms with van der Waals surface area (Å²) in [4.78, 5) is 0. The fourth-order valence-corrected chi connectivity index (χ4v) is 3.07. The second-order valence-corrected chi connectivity index (χ2v) is 5.86. The first-order valence-electron chi connectivity index (χ1n) is 7.01. The predicted octanol–water partition coefficient (Wildman–Crippen LogP) is 3.35. The van der Waals surface area contributed by atoms with Gasteiger partial charge in [-0.3, -0.25) is 0 Å². The molecule has 0 radical (unpaired) electrons. The van der Waals surface area contributed by atoms with Crippen LogP contribution in [-0.4, -0.2) is 6.54 Å². The summed E-state index contributed by atoms with van der Waals surface area (Å²) in [6.07, 6.45) is 6.90. The van der Waals surface area contributed by atoms with Gasteiger partial charge in [-0.2, -0.15) is 5.26 Å². The Balaban J connectivity index is 1.66. The van der Waals surface area contributed by atoms with Gasteiger partial charge >= 0.3 is 0 Å². The molecule has 0 bridgehead atoms. The minimum Gasteiger partial charge on any atom is -0.309 e. The summed E-state index contributed by atoms with van der Waals surface area (Å²) >= 11 is 0. The van der Waals surface area contributed by atoms with Gasteiger partial charge in [0.15, 0.2) is 0 Å². The molecule has 1 atom stereocenters. The van der Waals surface area contributed by atoms with E-state index in [4.69, 9.17) is 5.26 Å². The quantitative estimate of drug-likeness (QED) is 0.876. The van der Waals surface area contributed by atoms with E-state index in [2.05, 4.69) is 35.7 Å². The molecule has 1 fully saturated rings. The number of nitriles is 1. The number of nitrogens with one attached hydrogen (secondary N) is 1. The van der Waals surface area contributed by atoms with Gasteiger partial charge in [0.05, 0.1) is 6.07 Å². The summed E-state index contributed by atoms with van der Waals surface area (Å²) in [6.45, 7) is 1.01. The number of fused-ring (bicyclic) bond motifs is 1. The topological polar surface area (TPSA) is 35.8 Å². The maximum absolute atomic E-state index is 8.86. The lowest BCUT2D eigenvalue weighted by Gasteiger charge is -2.28. The fourth-order valence-electron chi connectivity index (χ4n) is 3.07. The van der Waals surface area contributed by atoms with Gasteiger partial charge in [-0.1, -0.05) is 24.3 Å². The van der Waals surface area contributed by atoms with E-state index in [0.29, 0.717) is 17.9 Å². The highest BCUT2D eigenvalue weighted by Crippen LogP contribution is 2.48. The molecular formula is C16H20N2. The maximum atomic E-state index is 8.86. The van der Waals surface area contributed by atoms with E-state index in [9.17, 15) is 0 Å². The van der Waals surface area contributed by atoms with Crippen LogP contribution >= 0.6 is 0 Å². The van der Waals surface area contributed by atoms with Gasteiger partial charge < -0.3 is 5.32 Å². The number of aryl methyl sites for hydroxylation is 1. The summed E-state index contributed by atoms with van der Waals surface area (Å²) in [7, 11) is 0. The molecule has 1 aromatic carbocycles. The number of rotatable bonds is 4. The average Bonchev–Trinajstić information content (AvgIpc) is 3.17. The zero-order valence-electron chi connectivity index (χ0n) is 10.8. The Bertz CT molecular complexity index is 468. The van der Waals surface area contributed by atoms with Crippen molar-refractivity contribution in [1.29, 1.82) is 5.26 Å². The molecule has 3 rings (SSSR count). The lowest BCUT2D eigenvalue weighted by Crippen LogP contribution is -2.30. The Hall–Kier alpha value is -1.33. The number of hydrogen-bond acceptors (Lipinski definition) is 2. The monoisotopic (exact) mass is 240 g/mol. The minimum atomic E-state index is 0.307. The van der Waals surface area contributed by atoms with Crippen molar-refractivity contribution >= 4 is 0 Å². The van der Waals surface area contributed by atoms with Gasteiger partial charge in [0.1, 0.15) is 0 Å². The Morgan fingerprint density at radius 2 is 2.17 bits per heavy atom. The van der Waals surface area contributed by atoms with Crippen LogP contribution in [0.1, 0.15) is 49.3 Å². The van der Waals surface area contributed by atoms with Gasteiger partial charge in [-0.15, -0.1) is 0 Å². The summed E-state index contributed by atoms with van der Waals surface area (Å²) in [5, 5.41) is 12.6. The Kier molecular flexibility index (Phi) is 3.09. The molecular weight excluding hydrogens is 220 g/mol. The average molecular weight is 240 g/mol. The number of hydrogen-bond donors (Lipinski definition) is 1. The number of benzene rings is 1. The summed E-state index contributed by atoms with van der Waals surface area (Å²) in [5.74, 6) is 0. The van der Waals surface area contributed by atoms with Crippen LogP contribution in [-0.2, 0) is 6.42 Å². The van der Waals surface area contributed by atoms with Crippen molar-refractivity contribution in [2.45, 2.75) is 44.6 Å². The van der Waals surface area contributed by atoms with Crippen molar-refractivity contribution in [3.63, 3.8) is 0 Å². The molecule has 0 aromatic heterocycles. The lowest BCUT2D eigenvalue weighted by molar-refractivity contribution is 0.390. The third-order valence-corrected chi connectivity index (χ3v) is 4.50. The maximum Gasteiger partial charge on any atom is 0.0628 e. The van der Waals surface area contributed by atoms with Crippen molar-refractivity contribution in [1.82, 2.24) is 5.32 Å². The summed E-state index contributed by atoms with van der Waals surface area (Å²) < 4.78 is 0. The molecule has 0 aliphatic heterocycles. The third kappa shape index (κ3) is 2.28. The normalized spacial score (nSPS) is 24.1. The zero-order valence-corrected chi connectivity index (χ0v) is 10.8. The van der Waals surface area contributed by atoms with Crippen LogP contribution < -0.4 is 5.32 Å². The largest absolute Gasteiger partial charge is 0.309 e. The molecule has 2 aliphatic rings. The summed E-state index contributed by atoms with van der Waals surface area (Å²) in [6, 6.07) is 11.6. The van der Waals surface area contributed by atoms with Crippen LogP contribution in [0.5, 0.6) is 0 Å². The fraction of sp³-hybridized carbons (Fsp3) is 0.562. The SMILES string of the molecule is N#CCC1(CNC2CCCc3ccccc32)CC1. The first kappa shape index (κ1) is 11.7. The van der Waals surface area contributed by atoms with E-state index in [1.165, 1.54) is 43.2 Å². The second kappa shape index (κ2) is 4.74. The van der Waals surface area contributed by atoms with Crippen molar-refractivity contribution in [2.75, 3.05) is 6.54 Å². The van der Waals surface area contributed by atoms with E-state index in [0.717, 1.165) is 6.54 Å². The Labute approximate surface area is 109 Å². The van der Waals surface area contributed by atoms with Crippen molar-refractivity contribution in [2.24, 2.45) is 5.41 Å². The molecule has 0 amide bonds. The van der Waals surface area contributed by atoms with E-state index < -0.39 is 0 Å². The minimum absolute atomic E-state index is 0.307. The van der Waals surface area contributed by atoms with Crippen LogP contribution in [0, 0.1) is 16.7 Å². The highest BCUT2D eigenvalue weighted by molar-refractivity contribution is 5.32. The first-order valence-corrected chi connectivity index (χ1v) is 7.01. The van der Waals surface area contributed by atoms with Crippen molar-refractivity contribution in [3.8, 4) is 6.07 Å². The van der Waals surface area contributed by atoms with E-state index in [1.54, 1.807) is 0 Å². The Morgan fingerprint density at radius 3 is 2.94 bits per heavy atom. The van der Waals surface area contributed by atoms with Gasteiger partial charge in [-0.25, -0.2) is 0 Å². The third-order valence-electron chi connectivity index (χ3n) is 4.50. The van der Waals surface area contributed by atoms with E-state index in [1.807, 2.05) is 0 Å². The van der Waals surface area contributed by atoms with Gasteiger partial charge in [0.2, 0.25) is 0 Å². The molecule has 1 unspecified atom stereocenters. The molecule has 2 aliphatic carbocycles. The zero-order chi connectivity index (χ0) is 12.4. The highest BCUT2D eigenvalue weighted by Gasteiger charge is 2.42. The molecule has 18 heavy (non-hydrogen) atoms.